The highest BCUT2D eigenvalue weighted by molar-refractivity contribution is 7.91. The van der Waals surface area contributed by atoms with Gasteiger partial charge >= 0.3 is 0 Å². The quantitative estimate of drug-likeness (QED) is 0.518. The van der Waals surface area contributed by atoms with Crippen molar-refractivity contribution in [3.05, 3.63) is 71.4 Å². The fraction of sp³-hybridized carbons (Fsp3) is 0.375. The van der Waals surface area contributed by atoms with E-state index < -0.39 is 15.9 Å². The molecule has 0 radical (unpaired) electrons. The average molecular weight is 485 g/mol. The molecule has 1 aliphatic rings. The first-order valence-electron chi connectivity index (χ1n) is 11.3. The first-order chi connectivity index (χ1) is 16.4. The molecule has 4 rings (SSSR count). The van der Waals surface area contributed by atoms with Crippen LogP contribution in [0.1, 0.15) is 26.2 Å². The predicted octanol–water partition coefficient (Wildman–Crippen LogP) is 2.22. The normalized spacial score (nSPS) is 15.8. The number of hydrogen-bond donors (Lipinski definition) is 1. The van der Waals surface area contributed by atoms with Gasteiger partial charge in [-0.2, -0.15) is 0 Å². The van der Waals surface area contributed by atoms with E-state index in [-0.39, 0.29) is 22.3 Å². The summed E-state index contributed by atoms with van der Waals surface area (Å²) >= 11 is 0. The molecule has 3 heterocycles. The zero-order chi connectivity index (χ0) is 24.1. The van der Waals surface area contributed by atoms with Crippen molar-refractivity contribution < 1.29 is 18.3 Å². The number of ether oxygens (including phenoxy) is 1. The van der Waals surface area contributed by atoms with Crippen molar-refractivity contribution in [3.63, 3.8) is 0 Å². The summed E-state index contributed by atoms with van der Waals surface area (Å²) in [6.45, 7) is 3.28. The third-order valence-electron chi connectivity index (χ3n) is 5.83. The summed E-state index contributed by atoms with van der Waals surface area (Å²) in [6, 6.07) is 11.0. The summed E-state index contributed by atoms with van der Waals surface area (Å²) in [7, 11) is -3.59. The van der Waals surface area contributed by atoms with Crippen molar-refractivity contribution in [2.45, 2.75) is 43.3 Å². The van der Waals surface area contributed by atoms with Crippen molar-refractivity contribution in [1.82, 2.24) is 14.5 Å². The Morgan fingerprint density at radius 2 is 1.79 bits per heavy atom. The third kappa shape index (κ3) is 5.63. The number of benzene rings is 1. The summed E-state index contributed by atoms with van der Waals surface area (Å²) in [5.74, 6) is 0.888. The third-order valence-corrected chi connectivity index (χ3v) is 7.64. The molecule has 2 aromatic heterocycles. The van der Waals surface area contributed by atoms with E-state index in [4.69, 9.17) is 4.74 Å². The lowest BCUT2D eigenvalue weighted by Crippen LogP contribution is -2.39. The Morgan fingerprint density at radius 1 is 1.12 bits per heavy atom. The molecule has 1 aliphatic heterocycles. The van der Waals surface area contributed by atoms with Gasteiger partial charge in [0.25, 0.3) is 5.56 Å². The number of aromatic nitrogens is 3. The van der Waals surface area contributed by atoms with Crippen molar-refractivity contribution >= 4 is 15.8 Å². The molecule has 3 aromatic rings. The van der Waals surface area contributed by atoms with Crippen LogP contribution >= 0.6 is 0 Å². The number of nitrogens with zero attached hydrogens (tertiary/aromatic N) is 4. The molecule has 0 spiro atoms. The van der Waals surface area contributed by atoms with Crippen molar-refractivity contribution in [3.8, 4) is 11.4 Å². The monoisotopic (exact) mass is 484 g/mol. The lowest BCUT2D eigenvalue weighted by molar-refractivity contribution is 0.170. The molecular weight excluding hydrogens is 456 g/mol. The van der Waals surface area contributed by atoms with E-state index in [0.717, 1.165) is 25.9 Å². The molecule has 1 saturated heterocycles. The molecule has 1 fully saturated rings. The molecule has 1 aromatic carbocycles. The van der Waals surface area contributed by atoms with Crippen LogP contribution in [0.25, 0.3) is 5.69 Å². The van der Waals surface area contributed by atoms with Gasteiger partial charge in [-0.1, -0.05) is 6.92 Å². The molecule has 10 heteroatoms. The van der Waals surface area contributed by atoms with Gasteiger partial charge in [0.15, 0.2) is 9.84 Å². The first kappa shape index (κ1) is 23.9. The number of aliphatic hydroxyl groups excluding tert-OH is 1. The average Bonchev–Trinajstić information content (AvgIpc) is 2.85. The number of pyridine rings is 1. The van der Waals surface area contributed by atoms with Gasteiger partial charge in [-0.25, -0.2) is 18.4 Å². The number of rotatable bonds is 8. The van der Waals surface area contributed by atoms with Crippen LogP contribution in [0.3, 0.4) is 0 Å². The Balaban J connectivity index is 1.39. The summed E-state index contributed by atoms with van der Waals surface area (Å²) in [5, 5.41) is 9.69. The van der Waals surface area contributed by atoms with E-state index in [2.05, 4.69) is 14.9 Å². The second-order valence-electron chi connectivity index (χ2n) is 8.26. The number of piperidine rings is 1. The van der Waals surface area contributed by atoms with E-state index in [1.54, 1.807) is 49.8 Å². The Hall–Kier alpha value is -3.24. The minimum atomic E-state index is -3.59. The molecular formula is C24H28N4O5S. The summed E-state index contributed by atoms with van der Waals surface area (Å²) in [6.07, 6.45) is 6.12. The second-order valence-corrected chi connectivity index (χ2v) is 10.3. The summed E-state index contributed by atoms with van der Waals surface area (Å²) in [4.78, 5) is 23.5. The highest BCUT2D eigenvalue weighted by Crippen LogP contribution is 2.21. The van der Waals surface area contributed by atoms with Gasteiger partial charge in [-0.05, 0) is 42.8 Å². The smallest absolute Gasteiger partial charge is 0.258 e. The lowest BCUT2D eigenvalue weighted by Gasteiger charge is -2.32. The van der Waals surface area contributed by atoms with Crippen LogP contribution in [0.2, 0.25) is 0 Å². The van der Waals surface area contributed by atoms with Crippen molar-refractivity contribution in [2.75, 3.05) is 23.7 Å². The molecule has 9 nitrogen and oxygen atoms in total. The lowest BCUT2D eigenvalue weighted by atomic mass is 10.1. The molecule has 0 aliphatic carbocycles. The van der Waals surface area contributed by atoms with Crippen LogP contribution in [0, 0.1) is 0 Å². The maximum Gasteiger partial charge on any atom is 0.258 e. The van der Waals surface area contributed by atoms with Crippen LogP contribution < -0.4 is 15.2 Å². The van der Waals surface area contributed by atoms with Gasteiger partial charge in [0, 0.05) is 56.3 Å². The maximum atomic E-state index is 12.7. The van der Waals surface area contributed by atoms with E-state index in [1.165, 1.54) is 22.8 Å². The van der Waals surface area contributed by atoms with E-state index in [9.17, 15) is 18.3 Å². The maximum absolute atomic E-state index is 12.7. The second kappa shape index (κ2) is 10.4. The van der Waals surface area contributed by atoms with Crippen LogP contribution in [-0.2, 0) is 9.84 Å². The molecule has 1 unspecified atom stereocenters. The largest absolute Gasteiger partial charge is 0.490 e. The fourth-order valence-corrected chi connectivity index (χ4v) is 5.33. The zero-order valence-electron chi connectivity index (χ0n) is 18.9. The number of aliphatic hydroxyl groups is 1. The molecule has 1 N–H and O–H groups in total. The van der Waals surface area contributed by atoms with Gasteiger partial charge < -0.3 is 14.7 Å². The predicted molar refractivity (Wildman–Crippen MR) is 128 cm³/mol. The zero-order valence-corrected chi connectivity index (χ0v) is 19.8. The molecule has 1 atom stereocenters. The fourth-order valence-electron chi connectivity index (χ4n) is 3.85. The van der Waals surface area contributed by atoms with E-state index in [0.29, 0.717) is 23.8 Å². The van der Waals surface area contributed by atoms with Crippen LogP contribution in [-0.4, -0.2) is 59.1 Å². The highest BCUT2D eigenvalue weighted by atomic mass is 32.2. The SMILES string of the molecule is CCC(O)CS(=O)(=O)c1ccc(-n2ccc(OC3CCN(c4ncccn4)CC3)cc2=O)cc1. The van der Waals surface area contributed by atoms with Crippen molar-refractivity contribution in [1.29, 1.82) is 0 Å². The van der Waals surface area contributed by atoms with Gasteiger partial charge in [0.1, 0.15) is 11.9 Å². The number of sulfone groups is 1. The topological polar surface area (TPSA) is 115 Å². The van der Waals surface area contributed by atoms with Gasteiger partial charge in [0.2, 0.25) is 5.95 Å². The molecule has 180 valence electrons. The van der Waals surface area contributed by atoms with Crippen LogP contribution in [0.4, 0.5) is 5.95 Å². The summed E-state index contributed by atoms with van der Waals surface area (Å²) < 4.78 is 32.3. The first-order valence-corrected chi connectivity index (χ1v) is 12.9. The minimum Gasteiger partial charge on any atom is -0.490 e. The number of hydrogen-bond acceptors (Lipinski definition) is 8. The van der Waals surface area contributed by atoms with Gasteiger partial charge in [-0.3, -0.25) is 9.36 Å². The Labute approximate surface area is 198 Å². The standard InChI is InChI=1S/C24H28N4O5S/c1-2-19(29)17-34(31,32)22-6-4-18(5-7-22)28-15-10-21(16-23(28)30)33-20-8-13-27(14-9-20)24-25-11-3-12-26-24/h3-7,10-12,15-16,19-20,29H,2,8-9,13-14,17H2,1H3. The van der Waals surface area contributed by atoms with Crippen molar-refractivity contribution in [2.24, 2.45) is 0 Å². The van der Waals surface area contributed by atoms with E-state index >= 15 is 0 Å². The molecule has 0 saturated carbocycles. The summed E-state index contributed by atoms with van der Waals surface area (Å²) in [5.41, 5.74) is 0.271. The van der Waals surface area contributed by atoms with Gasteiger partial charge in [0.05, 0.1) is 16.8 Å². The molecule has 34 heavy (non-hydrogen) atoms. The Kier molecular flexibility index (Phi) is 7.28. The van der Waals surface area contributed by atoms with Gasteiger partial charge in [-0.15, -0.1) is 0 Å². The Morgan fingerprint density at radius 3 is 2.41 bits per heavy atom. The van der Waals surface area contributed by atoms with E-state index in [1.807, 2.05) is 0 Å². The van der Waals surface area contributed by atoms with Crippen LogP contribution in [0.15, 0.2) is 70.7 Å². The number of anilines is 1. The Bertz CT molecular complexity index is 1250. The highest BCUT2D eigenvalue weighted by Gasteiger charge is 2.22. The molecule has 0 bridgehead atoms. The van der Waals surface area contributed by atoms with Crippen LogP contribution in [0.5, 0.6) is 5.75 Å². The minimum absolute atomic E-state index is 0.00169. The molecule has 0 amide bonds.